The molecule has 0 bridgehead atoms. The molecule has 158 valence electrons. The van der Waals surface area contributed by atoms with E-state index in [0.717, 1.165) is 11.3 Å². The average molecular weight is 417 g/mol. The Kier molecular flexibility index (Phi) is 7.88. The van der Waals surface area contributed by atoms with Crippen LogP contribution in [0.15, 0.2) is 89.1 Å². The third-order valence-electron chi connectivity index (χ3n) is 4.12. The van der Waals surface area contributed by atoms with E-state index >= 15 is 0 Å². The van der Waals surface area contributed by atoms with E-state index in [1.54, 1.807) is 24.3 Å². The summed E-state index contributed by atoms with van der Waals surface area (Å²) in [5, 5.41) is 10.9. The lowest BCUT2D eigenvalue weighted by Crippen LogP contribution is -2.21. The van der Waals surface area contributed by atoms with Gasteiger partial charge in [-0.1, -0.05) is 30.3 Å². The predicted octanol–water partition coefficient (Wildman–Crippen LogP) is 5.36. The standard InChI is InChI=1S/C24H23N3O4/c1-18-6-5-9-22(16-18)30-15-14-24(29)31-17-23(28)25-19-10-12-21(13-11-19)27-26-20-7-3-2-4-8-20/h2-13,16H,14-15,17H2,1H3,(H,25,28). The minimum absolute atomic E-state index is 0.0579. The number of azo groups is 1. The van der Waals surface area contributed by atoms with Crippen molar-refractivity contribution >= 4 is 28.9 Å². The summed E-state index contributed by atoms with van der Waals surface area (Å²) in [6.45, 7) is 1.78. The summed E-state index contributed by atoms with van der Waals surface area (Å²) in [6.07, 6.45) is 0.0579. The normalized spacial score (nSPS) is 10.6. The van der Waals surface area contributed by atoms with Gasteiger partial charge in [0.25, 0.3) is 5.91 Å². The number of hydrogen-bond acceptors (Lipinski definition) is 6. The molecule has 1 N–H and O–H groups in total. The Labute approximate surface area is 180 Å². The van der Waals surface area contributed by atoms with Gasteiger partial charge in [-0.3, -0.25) is 9.59 Å². The third kappa shape index (κ3) is 7.74. The van der Waals surface area contributed by atoms with Crippen LogP contribution >= 0.6 is 0 Å². The van der Waals surface area contributed by atoms with Gasteiger partial charge in [-0.2, -0.15) is 10.2 Å². The van der Waals surface area contributed by atoms with E-state index in [9.17, 15) is 9.59 Å². The van der Waals surface area contributed by atoms with Gasteiger partial charge < -0.3 is 14.8 Å². The van der Waals surface area contributed by atoms with Crippen LogP contribution in [-0.4, -0.2) is 25.1 Å². The molecule has 7 heteroatoms. The van der Waals surface area contributed by atoms with Crippen LogP contribution in [0.25, 0.3) is 0 Å². The van der Waals surface area contributed by atoms with Gasteiger partial charge >= 0.3 is 5.97 Å². The minimum atomic E-state index is -0.500. The van der Waals surface area contributed by atoms with Crippen LogP contribution in [0.5, 0.6) is 5.75 Å². The molecule has 0 aliphatic carbocycles. The molecule has 1 amide bonds. The molecule has 0 aliphatic rings. The quantitative estimate of drug-likeness (QED) is 0.375. The highest BCUT2D eigenvalue weighted by Gasteiger charge is 2.08. The summed E-state index contributed by atoms with van der Waals surface area (Å²) in [5.41, 5.74) is 3.05. The molecule has 0 radical (unpaired) electrons. The largest absolute Gasteiger partial charge is 0.493 e. The third-order valence-corrected chi connectivity index (χ3v) is 4.12. The van der Waals surface area contributed by atoms with Gasteiger partial charge in [-0.25, -0.2) is 0 Å². The number of hydrogen-bond donors (Lipinski definition) is 1. The van der Waals surface area contributed by atoms with Crippen molar-refractivity contribution < 1.29 is 19.1 Å². The number of ether oxygens (including phenoxy) is 2. The topological polar surface area (TPSA) is 89.3 Å². The molecule has 0 fully saturated rings. The molecule has 0 saturated heterocycles. The minimum Gasteiger partial charge on any atom is -0.493 e. The van der Waals surface area contributed by atoms with Crippen molar-refractivity contribution in [3.05, 3.63) is 84.4 Å². The van der Waals surface area contributed by atoms with Gasteiger partial charge in [-0.05, 0) is 61.0 Å². The van der Waals surface area contributed by atoms with Crippen LogP contribution in [0.2, 0.25) is 0 Å². The van der Waals surface area contributed by atoms with Gasteiger partial charge in [-0.15, -0.1) is 0 Å². The molecular weight excluding hydrogens is 394 g/mol. The fourth-order valence-electron chi connectivity index (χ4n) is 2.59. The first kappa shape index (κ1) is 21.7. The molecule has 7 nitrogen and oxygen atoms in total. The Morgan fingerprint density at radius 1 is 0.871 bits per heavy atom. The maximum absolute atomic E-state index is 12.0. The molecule has 3 aromatic carbocycles. The molecule has 3 rings (SSSR count). The molecule has 3 aromatic rings. The Bertz CT molecular complexity index is 1030. The van der Waals surface area contributed by atoms with Crippen molar-refractivity contribution in [3.63, 3.8) is 0 Å². The Morgan fingerprint density at radius 2 is 1.58 bits per heavy atom. The molecule has 0 aliphatic heterocycles. The second kappa shape index (κ2) is 11.3. The number of anilines is 1. The number of benzene rings is 3. The molecule has 0 saturated carbocycles. The van der Waals surface area contributed by atoms with E-state index in [4.69, 9.17) is 9.47 Å². The van der Waals surface area contributed by atoms with E-state index in [2.05, 4.69) is 15.5 Å². The predicted molar refractivity (Wildman–Crippen MR) is 118 cm³/mol. The number of carbonyl (C=O) groups is 2. The fourth-order valence-corrected chi connectivity index (χ4v) is 2.59. The zero-order valence-corrected chi connectivity index (χ0v) is 17.2. The Morgan fingerprint density at radius 3 is 2.29 bits per heavy atom. The molecule has 0 heterocycles. The number of carbonyl (C=O) groups excluding carboxylic acids is 2. The summed E-state index contributed by atoms with van der Waals surface area (Å²) in [6, 6.07) is 23.8. The Hall–Kier alpha value is -4.00. The second-order valence-electron chi connectivity index (χ2n) is 6.71. The highest BCUT2D eigenvalue weighted by Crippen LogP contribution is 2.20. The first-order valence-corrected chi connectivity index (χ1v) is 9.80. The number of aryl methyl sites for hydroxylation is 1. The van der Waals surface area contributed by atoms with Gasteiger partial charge in [0, 0.05) is 5.69 Å². The van der Waals surface area contributed by atoms with Crippen LogP contribution < -0.4 is 10.1 Å². The molecule has 0 spiro atoms. The van der Waals surface area contributed by atoms with E-state index < -0.39 is 11.9 Å². The first-order chi connectivity index (χ1) is 15.1. The van der Waals surface area contributed by atoms with Gasteiger partial charge in [0.05, 0.1) is 24.4 Å². The highest BCUT2D eigenvalue weighted by molar-refractivity contribution is 5.92. The van der Waals surface area contributed by atoms with Crippen molar-refractivity contribution in [3.8, 4) is 5.75 Å². The molecule has 0 unspecified atom stereocenters. The van der Waals surface area contributed by atoms with Crippen LogP contribution in [-0.2, 0) is 14.3 Å². The van der Waals surface area contributed by atoms with Crippen LogP contribution in [0.1, 0.15) is 12.0 Å². The van der Waals surface area contributed by atoms with Crippen molar-refractivity contribution in [2.24, 2.45) is 10.2 Å². The summed E-state index contributed by atoms with van der Waals surface area (Å²) in [4.78, 5) is 23.8. The molecule has 0 atom stereocenters. The molecule has 0 aromatic heterocycles. The number of esters is 1. The maximum atomic E-state index is 12.0. The zero-order valence-electron chi connectivity index (χ0n) is 17.2. The number of rotatable bonds is 9. The molecule has 31 heavy (non-hydrogen) atoms. The monoisotopic (exact) mass is 417 g/mol. The van der Waals surface area contributed by atoms with Crippen molar-refractivity contribution in [1.29, 1.82) is 0 Å². The second-order valence-corrected chi connectivity index (χ2v) is 6.71. The number of nitrogens with one attached hydrogen (secondary N) is 1. The van der Waals surface area contributed by atoms with Gasteiger partial charge in [0.1, 0.15) is 5.75 Å². The number of nitrogens with zero attached hydrogens (tertiary/aromatic N) is 2. The maximum Gasteiger partial charge on any atom is 0.309 e. The summed E-state index contributed by atoms with van der Waals surface area (Å²) >= 11 is 0. The van der Waals surface area contributed by atoms with Crippen molar-refractivity contribution in [2.45, 2.75) is 13.3 Å². The SMILES string of the molecule is Cc1cccc(OCCC(=O)OCC(=O)Nc2ccc(N=Nc3ccccc3)cc2)c1. The lowest BCUT2D eigenvalue weighted by molar-refractivity contribution is -0.147. The summed E-state index contributed by atoms with van der Waals surface area (Å²) < 4.78 is 10.5. The zero-order chi connectivity index (χ0) is 21.9. The van der Waals surface area contributed by atoms with Crippen LogP contribution in [0, 0.1) is 6.92 Å². The molecular formula is C24H23N3O4. The van der Waals surface area contributed by atoms with Crippen LogP contribution in [0.4, 0.5) is 17.1 Å². The van der Waals surface area contributed by atoms with Crippen LogP contribution in [0.3, 0.4) is 0 Å². The van der Waals surface area contributed by atoms with E-state index in [0.29, 0.717) is 17.1 Å². The van der Waals surface area contributed by atoms with E-state index in [1.807, 2.05) is 61.5 Å². The van der Waals surface area contributed by atoms with E-state index in [-0.39, 0.29) is 19.6 Å². The summed E-state index contributed by atoms with van der Waals surface area (Å²) in [7, 11) is 0. The lowest BCUT2D eigenvalue weighted by atomic mass is 10.2. The van der Waals surface area contributed by atoms with Crippen molar-refractivity contribution in [1.82, 2.24) is 0 Å². The number of amides is 1. The first-order valence-electron chi connectivity index (χ1n) is 9.80. The summed E-state index contributed by atoms with van der Waals surface area (Å²) in [5.74, 6) is -0.233. The Balaban J connectivity index is 1.37. The smallest absolute Gasteiger partial charge is 0.309 e. The van der Waals surface area contributed by atoms with Gasteiger partial charge in [0.15, 0.2) is 6.61 Å². The van der Waals surface area contributed by atoms with Crippen molar-refractivity contribution in [2.75, 3.05) is 18.5 Å². The van der Waals surface area contributed by atoms with Gasteiger partial charge in [0.2, 0.25) is 0 Å². The fraction of sp³-hybridized carbons (Fsp3) is 0.167. The lowest BCUT2D eigenvalue weighted by Gasteiger charge is -2.08. The highest BCUT2D eigenvalue weighted by atomic mass is 16.5. The average Bonchev–Trinajstić information content (AvgIpc) is 2.78. The van der Waals surface area contributed by atoms with E-state index in [1.165, 1.54) is 0 Å².